The third-order valence-electron chi connectivity index (χ3n) is 6.63. The molecule has 1 amide bonds. The molecule has 5 rings (SSSR count). The van der Waals surface area contributed by atoms with Crippen molar-refractivity contribution in [3.05, 3.63) is 59.8 Å². The zero-order valence-electron chi connectivity index (χ0n) is 19.7. The van der Waals surface area contributed by atoms with Crippen molar-refractivity contribution in [1.82, 2.24) is 30.0 Å². The van der Waals surface area contributed by atoms with Crippen LogP contribution in [0.4, 0.5) is 5.69 Å². The number of hydrogen-bond acceptors (Lipinski definition) is 8. The fourth-order valence-electron chi connectivity index (χ4n) is 4.74. The van der Waals surface area contributed by atoms with Gasteiger partial charge in [-0.15, -0.1) is 5.10 Å². The van der Waals surface area contributed by atoms with Crippen molar-refractivity contribution in [3.8, 4) is 0 Å². The summed E-state index contributed by atoms with van der Waals surface area (Å²) in [6.45, 7) is 4.08. The van der Waals surface area contributed by atoms with Gasteiger partial charge in [-0.05, 0) is 53.1 Å². The van der Waals surface area contributed by atoms with Crippen LogP contribution in [0, 0.1) is 0 Å². The lowest BCUT2D eigenvalue weighted by Gasteiger charge is -2.38. The first-order valence-electron chi connectivity index (χ1n) is 11.8. The summed E-state index contributed by atoms with van der Waals surface area (Å²) >= 11 is 0. The summed E-state index contributed by atoms with van der Waals surface area (Å²) in [4.78, 5) is 19.0. The molecule has 0 saturated carbocycles. The van der Waals surface area contributed by atoms with E-state index in [1.165, 1.54) is 6.26 Å². The number of nitrogens with zero attached hydrogens (tertiary/aromatic N) is 7. The third kappa shape index (κ3) is 4.69. The maximum absolute atomic E-state index is 12.7. The van der Waals surface area contributed by atoms with E-state index >= 15 is 0 Å². The van der Waals surface area contributed by atoms with Gasteiger partial charge in [-0.1, -0.05) is 12.1 Å². The highest BCUT2D eigenvalue weighted by atomic mass is 16.5. The topological polar surface area (TPSA) is 92.8 Å². The van der Waals surface area contributed by atoms with E-state index in [1.807, 2.05) is 23.7 Å². The Kier molecular flexibility index (Phi) is 6.59. The van der Waals surface area contributed by atoms with Gasteiger partial charge in [0.05, 0.1) is 25.0 Å². The van der Waals surface area contributed by atoms with E-state index in [1.54, 1.807) is 12.1 Å². The van der Waals surface area contributed by atoms with E-state index in [4.69, 9.17) is 9.15 Å². The fraction of sp³-hybridized carbons (Fsp3) is 0.500. The maximum Gasteiger partial charge on any atom is 0.289 e. The second-order valence-corrected chi connectivity index (χ2v) is 9.05. The summed E-state index contributed by atoms with van der Waals surface area (Å²) in [5.74, 6) is 1.11. The summed E-state index contributed by atoms with van der Waals surface area (Å²) in [6, 6.07) is 11.9. The summed E-state index contributed by atoms with van der Waals surface area (Å²) in [7, 11) is 4.06. The van der Waals surface area contributed by atoms with E-state index in [2.05, 4.69) is 49.6 Å². The largest absolute Gasteiger partial charge is 0.459 e. The molecule has 0 bridgehead atoms. The Morgan fingerprint density at radius 1 is 1.15 bits per heavy atom. The Labute approximate surface area is 199 Å². The number of aromatic nitrogens is 4. The van der Waals surface area contributed by atoms with Crippen LogP contribution in [0.15, 0.2) is 47.1 Å². The Morgan fingerprint density at radius 3 is 2.59 bits per heavy atom. The van der Waals surface area contributed by atoms with Crippen molar-refractivity contribution in [2.45, 2.75) is 31.5 Å². The van der Waals surface area contributed by atoms with Crippen molar-refractivity contribution < 1.29 is 13.9 Å². The molecule has 0 aliphatic carbocycles. The smallest absolute Gasteiger partial charge is 0.289 e. The lowest BCUT2D eigenvalue weighted by Crippen LogP contribution is -2.50. The Morgan fingerprint density at radius 2 is 1.94 bits per heavy atom. The summed E-state index contributed by atoms with van der Waals surface area (Å²) in [5.41, 5.74) is 2.26. The third-order valence-corrected chi connectivity index (χ3v) is 6.63. The molecule has 2 aromatic heterocycles. The van der Waals surface area contributed by atoms with Crippen LogP contribution in [0.1, 0.15) is 40.8 Å². The molecule has 10 nitrogen and oxygen atoms in total. The normalized spacial score (nSPS) is 19.9. The predicted octanol–water partition coefficient (Wildman–Crippen LogP) is 2.06. The van der Waals surface area contributed by atoms with Crippen LogP contribution < -0.4 is 4.90 Å². The summed E-state index contributed by atoms with van der Waals surface area (Å²) < 4.78 is 13.0. The van der Waals surface area contributed by atoms with Gasteiger partial charge in [0.1, 0.15) is 0 Å². The van der Waals surface area contributed by atoms with E-state index in [0.29, 0.717) is 38.5 Å². The number of ether oxygens (including phenoxy) is 1. The molecular weight excluding hydrogens is 434 g/mol. The summed E-state index contributed by atoms with van der Waals surface area (Å²) in [5, 5.41) is 12.8. The molecule has 180 valence electrons. The van der Waals surface area contributed by atoms with E-state index < -0.39 is 0 Å². The minimum Gasteiger partial charge on any atom is -0.459 e. The summed E-state index contributed by atoms with van der Waals surface area (Å²) in [6.07, 6.45) is 3.77. The van der Waals surface area contributed by atoms with Crippen molar-refractivity contribution in [2.24, 2.45) is 0 Å². The number of furan rings is 1. The molecule has 4 heterocycles. The van der Waals surface area contributed by atoms with E-state index in [9.17, 15) is 4.79 Å². The molecule has 0 unspecified atom stereocenters. The Balaban J connectivity index is 1.39. The number of hydrogen-bond donors (Lipinski definition) is 0. The van der Waals surface area contributed by atoms with Gasteiger partial charge >= 0.3 is 0 Å². The molecule has 2 fully saturated rings. The number of piperazine rings is 1. The van der Waals surface area contributed by atoms with Gasteiger partial charge in [0, 0.05) is 52.6 Å². The van der Waals surface area contributed by atoms with E-state index in [0.717, 1.165) is 36.5 Å². The van der Waals surface area contributed by atoms with Crippen LogP contribution in [0.3, 0.4) is 0 Å². The highest BCUT2D eigenvalue weighted by Crippen LogP contribution is 2.30. The van der Waals surface area contributed by atoms with Gasteiger partial charge in [0.15, 0.2) is 11.6 Å². The van der Waals surface area contributed by atoms with Crippen LogP contribution in [-0.4, -0.2) is 88.9 Å². The minimum atomic E-state index is -0.117. The molecule has 0 N–H and O–H groups in total. The van der Waals surface area contributed by atoms with Gasteiger partial charge in [0.2, 0.25) is 0 Å². The zero-order chi connectivity index (χ0) is 23.5. The van der Waals surface area contributed by atoms with Gasteiger partial charge < -0.3 is 19.0 Å². The Hall–Kier alpha value is -3.24. The van der Waals surface area contributed by atoms with Crippen LogP contribution in [-0.2, 0) is 11.3 Å². The standard InChI is InChI=1S/C24H31N7O3/c1-28(2)19-9-7-18(8-10-19)22(23-25-26-27-31(23)17-20-5-3-15-33-20)29-11-13-30(14-12-29)24(32)21-6-4-16-34-21/h4,6-10,16,20,22H,3,5,11-15,17H2,1-2H3/t20-,22+/m1/s1. The first-order valence-corrected chi connectivity index (χ1v) is 11.8. The average Bonchev–Trinajstić information content (AvgIpc) is 3.64. The monoisotopic (exact) mass is 465 g/mol. The molecule has 2 saturated heterocycles. The number of amides is 1. The van der Waals surface area contributed by atoms with E-state index in [-0.39, 0.29) is 18.1 Å². The first-order chi connectivity index (χ1) is 16.6. The van der Waals surface area contributed by atoms with Crippen molar-refractivity contribution in [1.29, 1.82) is 0 Å². The minimum absolute atomic E-state index is 0.0697. The second-order valence-electron chi connectivity index (χ2n) is 9.05. The highest BCUT2D eigenvalue weighted by Gasteiger charge is 2.33. The van der Waals surface area contributed by atoms with Gasteiger partial charge in [0.25, 0.3) is 5.91 Å². The maximum atomic E-state index is 12.7. The number of rotatable bonds is 7. The lowest BCUT2D eigenvalue weighted by molar-refractivity contribution is 0.0551. The van der Waals surface area contributed by atoms with Crippen LogP contribution in [0.2, 0.25) is 0 Å². The molecule has 2 atom stereocenters. The van der Waals surface area contributed by atoms with Crippen LogP contribution in [0.25, 0.3) is 0 Å². The average molecular weight is 466 g/mol. The Bertz CT molecular complexity index is 1070. The molecule has 34 heavy (non-hydrogen) atoms. The predicted molar refractivity (Wildman–Crippen MR) is 126 cm³/mol. The number of benzene rings is 1. The van der Waals surface area contributed by atoms with Crippen molar-refractivity contribution in [3.63, 3.8) is 0 Å². The number of carbonyl (C=O) groups excluding carboxylic acids is 1. The molecule has 10 heteroatoms. The highest BCUT2D eigenvalue weighted by molar-refractivity contribution is 5.91. The molecular formula is C24H31N7O3. The molecule has 2 aliphatic rings. The number of tetrazole rings is 1. The molecule has 2 aliphatic heterocycles. The van der Waals surface area contributed by atoms with Crippen molar-refractivity contribution >= 4 is 11.6 Å². The zero-order valence-corrected chi connectivity index (χ0v) is 19.7. The molecule has 3 aromatic rings. The SMILES string of the molecule is CN(C)c1ccc([C@@H](c2nnnn2C[C@H]2CCCO2)N2CCN(C(=O)c3ccco3)CC2)cc1. The lowest BCUT2D eigenvalue weighted by atomic mass is 10.0. The molecule has 0 spiro atoms. The molecule has 1 aromatic carbocycles. The van der Waals surface area contributed by atoms with Gasteiger partial charge in [-0.3, -0.25) is 9.69 Å². The van der Waals surface area contributed by atoms with Crippen LogP contribution in [0.5, 0.6) is 0 Å². The van der Waals surface area contributed by atoms with Crippen molar-refractivity contribution in [2.75, 3.05) is 51.8 Å². The first kappa shape index (κ1) is 22.5. The number of carbonyl (C=O) groups is 1. The fourth-order valence-corrected chi connectivity index (χ4v) is 4.74. The second kappa shape index (κ2) is 9.94. The van der Waals surface area contributed by atoms with Gasteiger partial charge in [-0.25, -0.2) is 4.68 Å². The quantitative estimate of drug-likeness (QED) is 0.524. The van der Waals surface area contributed by atoms with Crippen LogP contribution >= 0.6 is 0 Å². The molecule has 0 radical (unpaired) electrons. The number of anilines is 1. The van der Waals surface area contributed by atoms with Gasteiger partial charge in [-0.2, -0.15) is 0 Å².